The number of nitrogens with one attached hydrogen (secondary N) is 2. The number of amides is 1. The van der Waals surface area contributed by atoms with Crippen LogP contribution >= 0.6 is 0 Å². The van der Waals surface area contributed by atoms with Crippen LogP contribution < -0.4 is 5.32 Å². The Morgan fingerprint density at radius 2 is 2.00 bits per heavy atom. The van der Waals surface area contributed by atoms with Crippen LogP contribution in [0, 0.1) is 13.8 Å². The Balaban J connectivity index is 1.66. The van der Waals surface area contributed by atoms with E-state index >= 15 is 0 Å². The van der Waals surface area contributed by atoms with Gasteiger partial charge < -0.3 is 14.8 Å². The van der Waals surface area contributed by atoms with E-state index in [1.54, 1.807) is 40.1 Å². The van der Waals surface area contributed by atoms with Crippen molar-refractivity contribution in [2.24, 2.45) is 7.05 Å². The molecular formula is C21H20F3N5O2. The monoisotopic (exact) mass is 431 g/mol. The van der Waals surface area contributed by atoms with Crippen molar-refractivity contribution in [2.75, 3.05) is 0 Å². The van der Waals surface area contributed by atoms with Gasteiger partial charge in [0.25, 0.3) is 5.91 Å². The lowest BCUT2D eigenvalue weighted by atomic mass is 10.0. The Labute approximate surface area is 175 Å². The molecule has 0 saturated heterocycles. The fourth-order valence-electron chi connectivity index (χ4n) is 3.54. The highest BCUT2D eigenvalue weighted by Gasteiger charge is 2.31. The number of carbonyl (C=O) groups excluding carboxylic acids is 1. The van der Waals surface area contributed by atoms with Crippen molar-refractivity contribution in [3.63, 3.8) is 0 Å². The van der Waals surface area contributed by atoms with E-state index in [1.165, 1.54) is 10.7 Å². The quantitative estimate of drug-likeness (QED) is 0.491. The van der Waals surface area contributed by atoms with Crippen LogP contribution in [0.25, 0.3) is 22.2 Å². The number of benzene rings is 1. The van der Waals surface area contributed by atoms with Crippen LogP contribution in [-0.4, -0.2) is 25.8 Å². The van der Waals surface area contributed by atoms with Gasteiger partial charge in [0.1, 0.15) is 22.8 Å². The molecule has 1 atom stereocenters. The molecule has 2 N–H and O–H groups in total. The van der Waals surface area contributed by atoms with Crippen molar-refractivity contribution < 1.29 is 22.5 Å². The van der Waals surface area contributed by atoms with E-state index in [2.05, 4.69) is 20.6 Å². The van der Waals surface area contributed by atoms with E-state index in [0.717, 1.165) is 12.1 Å². The summed E-state index contributed by atoms with van der Waals surface area (Å²) in [6.45, 7) is 5.32. The Morgan fingerprint density at radius 3 is 2.65 bits per heavy atom. The zero-order valence-corrected chi connectivity index (χ0v) is 17.3. The van der Waals surface area contributed by atoms with Crippen LogP contribution in [0.5, 0.6) is 0 Å². The molecule has 7 nitrogen and oxygen atoms in total. The molecule has 1 aromatic carbocycles. The van der Waals surface area contributed by atoms with Gasteiger partial charge in [-0.1, -0.05) is 5.16 Å². The fraction of sp³-hybridized carbons (Fsp3) is 0.286. The molecule has 1 unspecified atom stereocenters. The molecule has 31 heavy (non-hydrogen) atoms. The summed E-state index contributed by atoms with van der Waals surface area (Å²) in [5, 5.41) is 11.7. The van der Waals surface area contributed by atoms with Gasteiger partial charge in [-0.15, -0.1) is 0 Å². The van der Waals surface area contributed by atoms with Crippen LogP contribution in [0.4, 0.5) is 13.2 Å². The number of rotatable bonds is 4. The minimum atomic E-state index is -4.44. The molecular weight excluding hydrogens is 411 g/mol. The molecule has 1 amide bonds. The molecule has 0 bridgehead atoms. The Morgan fingerprint density at radius 1 is 1.26 bits per heavy atom. The molecule has 4 aromatic rings. The molecule has 0 radical (unpaired) electrons. The summed E-state index contributed by atoms with van der Waals surface area (Å²) in [6.07, 6.45) is -2.80. The Kier molecular flexibility index (Phi) is 4.87. The predicted octanol–water partition coefficient (Wildman–Crippen LogP) is 4.68. The Hall–Kier alpha value is -3.56. The van der Waals surface area contributed by atoms with Gasteiger partial charge in [-0.05, 0) is 44.5 Å². The molecule has 3 heterocycles. The lowest BCUT2D eigenvalue weighted by Crippen LogP contribution is -2.27. The lowest BCUT2D eigenvalue weighted by Gasteiger charge is -2.10. The zero-order valence-electron chi connectivity index (χ0n) is 17.3. The second-order valence-electron chi connectivity index (χ2n) is 7.46. The number of carbonyl (C=O) groups is 1. The van der Waals surface area contributed by atoms with E-state index in [9.17, 15) is 18.0 Å². The van der Waals surface area contributed by atoms with Gasteiger partial charge in [-0.2, -0.15) is 18.3 Å². The van der Waals surface area contributed by atoms with Gasteiger partial charge in [0.2, 0.25) is 0 Å². The predicted molar refractivity (Wildman–Crippen MR) is 107 cm³/mol. The maximum absolute atomic E-state index is 13.1. The summed E-state index contributed by atoms with van der Waals surface area (Å²) >= 11 is 0. The topological polar surface area (TPSA) is 88.7 Å². The van der Waals surface area contributed by atoms with Gasteiger partial charge in [0.05, 0.1) is 17.1 Å². The average Bonchev–Trinajstić information content (AvgIpc) is 3.38. The van der Waals surface area contributed by atoms with E-state index in [-0.39, 0.29) is 11.9 Å². The number of aryl methyl sites for hydroxylation is 2. The normalized spacial score (nSPS) is 13.0. The fourth-order valence-corrected chi connectivity index (χ4v) is 3.54. The van der Waals surface area contributed by atoms with Crippen LogP contribution in [0.1, 0.15) is 46.0 Å². The summed E-state index contributed by atoms with van der Waals surface area (Å²) in [5.41, 5.74) is 2.34. The molecule has 0 aliphatic carbocycles. The number of halogens is 3. The SMILES string of the molecule is Cc1cc(C(C)NC(=O)c2[nH]cc(-c3nn(C)c4cc(C(F)(F)F)ccc34)c2C)no1. The second kappa shape index (κ2) is 7.29. The first-order valence-electron chi connectivity index (χ1n) is 9.52. The third kappa shape index (κ3) is 3.69. The summed E-state index contributed by atoms with van der Waals surface area (Å²) in [6, 6.07) is 4.88. The number of fused-ring (bicyclic) bond motifs is 1. The standard InChI is InChI=1S/C21H20F3N5O2/c1-10-7-16(28-31-10)12(3)26-20(30)18-11(2)15(9-25-18)19-14-6-5-13(21(22,23)24)8-17(14)29(4)27-19/h5-9,12,25H,1-4H3,(H,26,30). The number of aromatic amines is 1. The lowest BCUT2D eigenvalue weighted by molar-refractivity contribution is -0.137. The first-order chi connectivity index (χ1) is 14.6. The molecule has 10 heteroatoms. The smallest absolute Gasteiger partial charge is 0.361 e. The molecule has 3 aromatic heterocycles. The molecule has 0 saturated carbocycles. The third-order valence-electron chi connectivity index (χ3n) is 5.24. The van der Waals surface area contributed by atoms with Crippen molar-refractivity contribution in [2.45, 2.75) is 33.0 Å². The van der Waals surface area contributed by atoms with Crippen molar-refractivity contribution in [3.05, 3.63) is 58.7 Å². The molecule has 0 fully saturated rings. The van der Waals surface area contributed by atoms with Crippen LogP contribution in [-0.2, 0) is 13.2 Å². The summed E-state index contributed by atoms with van der Waals surface area (Å²) < 4.78 is 45.7. The first kappa shape index (κ1) is 20.7. The largest absolute Gasteiger partial charge is 0.416 e. The number of aromatic nitrogens is 4. The van der Waals surface area contributed by atoms with Crippen LogP contribution in [0.3, 0.4) is 0 Å². The third-order valence-corrected chi connectivity index (χ3v) is 5.24. The number of alkyl halides is 3. The molecule has 4 rings (SSSR count). The Bertz CT molecular complexity index is 1280. The van der Waals surface area contributed by atoms with Gasteiger partial charge in [-0.3, -0.25) is 9.48 Å². The highest BCUT2D eigenvalue weighted by molar-refractivity contribution is 5.99. The van der Waals surface area contributed by atoms with E-state index in [1.807, 2.05) is 0 Å². The van der Waals surface area contributed by atoms with E-state index in [0.29, 0.717) is 44.9 Å². The summed E-state index contributed by atoms with van der Waals surface area (Å²) in [7, 11) is 1.59. The molecule has 0 aliphatic heterocycles. The highest BCUT2D eigenvalue weighted by Crippen LogP contribution is 2.35. The number of nitrogens with zero attached hydrogens (tertiary/aromatic N) is 3. The molecule has 0 spiro atoms. The summed E-state index contributed by atoms with van der Waals surface area (Å²) in [4.78, 5) is 15.7. The zero-order chi connectivity index (χ0) is 22.5. The van der Waals surface area contributed by atoms with Gasteiger partial charge >= 0.3 is 6.18 Å². The summed E-state index contributed by atoms with van der Waals surface area (Å²) in [5.74, 6) is 0.307. The maximum atomic E-state index is 13.1. The molecule has 162 valence electrons. The van der Waals surface area contributed by atoms with E-state index in [4.69, 9.17) is 4.52 Å². The number of H-pyrrole nitrogens is 1. The van der Waals surface area contributed by atoms with Crippen molar-refractivity contribution in [3.8, 4) is 11.3 Å². The highest BCUT2D eigenvalue weighted by atomic mass is 19.4. The van der Waals surface area contributed by atoms with Gasteiger partial charge in [-0.25, -0.2) is 0 Å². The maximum Gasteiger partial charge on any atom is 0.416 e. The van der Waals surface area contributed by atoms with Gasteiger partial charge in [0.15, 0.2) is 0 Å². The number of hydrogen-bond acceptors (Lipinski definition) is 4. The van der Waals surface area contributed by atoms with Crippen LogP contribution in [0.2, 0.25) is 0 Å². The number of hydrogen-bond donors (Lipinski definition) is 2. The van der Waals surface area contributed by atoms with Crippen LogP contribution in [0.15, 0.2) is 35.0 Å². The second-order valence-corrected chi connectivity index (χ2v) is 7.46. The first-order valence-corrected chi connectivity index (χ1v) is 9.52. The minimum Gasteiger partial charge on any atom is -0.361 e. The van der Waals surface area contributed by atoms with E-state index < -0.39 is 11.7 Å². The van der Waals surface area contributed by atoms with Crippen molar-refractivity contribution in [1.82, 2.24) is 25.2 Å². The minimum absolute atomic E-state index is 0.337. The van der Waals surface area contributed by atoms with Crippen molar-refractivity contribution in [1.29, 1.82) is 0 Å². The molecule has 0 aliphatic rings. The average molecular weight is 431 g/mol. The van der Waals surface area contributed by atoms with Crippen molar-refractivity contribution >= 4 is 16.8 Å². The van der Waals surface area contributed by atoms with Gasteiger partial charge in [0, 0.05) is 30.3 Å².